The average molecular weight is 285 g/mol. The number of nitrogens with one attached hydrogen (secondary N) is 1. The smallest absolute Gasteiger partial charge is 0.0934 e. The highest BCUT2D eigenvalue weighted by Crippen LogP contribution is 2.39. The first kappa shape index (κ1) is 12.9. The molecule has 2 heterocycles. The Hall–Kier alpha value is -0.0900. The van der Waals surface area contributed by atoms with E-state index in [9.17, 15) is 0 Å². The van der Waals surface area contributed by atoms with E-state index in [1.54, 1.807) is 11.3 Å². The summed E-state index contributed by atoms with van der Waals surface area (Å²) in [5.41, 5.74) is 1.46. The van der Waals surface area contributed by atoms with Crippen molar-refractivity contribution in [3.63, 3.8) is 0 Å². The molecule has 1 aliphatic heterocycles. The fourth-order valence-electron chi connectivity index (χ4n) is 3.17. The van der Waals surface area contributed by atoms with E-state index in [2.05, 4.69) is 23.2 Å². The quantitative estimate of drug-likeness (QED) is 0.911. The molecule has 2 aliphatic rings. The van der Waals surface area contributed by atoms with Crippen LogP contribution in [0.5, 0.6) is 0 Å². The van der Waals surface area contributed by atoms with Crippen LogP contribution in [0.25, 0.3) is 0 Å². The van der Waals surface area contributed by atoms with E-state index < -0.39 is 0 Å². The molecule has 1 aliphatic carbocycles. The van der Waals surface area contributed by atoms with Crippen molar-refractivity contribution in [2.75, 3.05) is 19.6 Å². The molecule has 2 nitrogen and oxygen atoms in total. The van der Waals surface area contributed by atoms with Gasteiger partial charge in [-0.1, -0.05) is 11.6 Å². The van der Waals surface area contributed by atoms with Crippen molar-refractivity contribution in [3.8, 4) is 0 Å². The molecule has 4 heteroatoms. The van der Waals surface area contributed by atoms with Crippen molar-refractivity contribution in [2.45, 2.75) is 44.7 Å². The molecule has 1 N–H and O–H groups in total. The number of nitrogens with zero attached hydrogens (tertiary/aromatic N) is 1. The highest BCUT2D eigenvalue weighted by atomic mass is 35.5. The number of fused-ring (bicyclic) bond motifs is 1. The normalized spacial score (nSPS) is 25.6. The molecule has 0 aromatic carbocycles. The minimum Gasteiger partial charge on any atom is -0.308 e. The molecule has 0 amide bonds. The SMILES string of the molecule is CC(CNC1CCc2sc(Cl)cc21)N1CCCC1. The van der Waals surface area contributed by atoms with Crippen LogP contribution in [-0.2, 0) is 6.42 Å². The van der Waals surface area contributed by atoms with Gasteiger partial charge in [0.15, 0.2) is 0 Å². The first-order valence-electron chi connectivity index (χ1n) is 6.99. The summed E-state index contributed by atoms with van der Waals surface area (Å²) in [4.78, 5) is 4.09. The lowest BCUT2D eigenvalue weighted by Gasteiger charge is -2.25. The van der Waals surface area contributed by atoms with Crippen LogP contribution in [0, 0.1) is 0 Å². The zero-order valence-electron chi connectivity index (χ0n) is 10.9. The van der Waals surface area contributed by atoms with Crippen LogP contribution in [0.3, 0.4) is 0 Å². The lowest BCUT2D eigenvalue weighted by molar-refractivity contribution is 0.245. The molecule has 0 bridgehead atoms. The van der Waals surface area contributed by atoms with E-state index in [4.69, 9.17) is 11.6 Å². The Bertz CT molecular complexity index is 412. The molecule has 3 rings (SSSR count). The predicted octanol–water partition coefficient (Wildman–Crippen LogP) is 3.46. The largest absolute Gasteiger partial charge is 0.308 e. The van der Waals surface area contributed by atoms with Gasteiger partial charge in [0.2, 0.25) is 0 Å². The average Bonchev–Trinajstić information content (AvgIpc) is 3.02. The first-order chi connectivity index (χ1) is 8.74. The van der Waals surface area contributed by atoms with Crippen LogP contribution in [0.1, 0.15) is 42.7 Å². The molecular weight excluding hydrogens is 264 g/mol. The van der Waals surface area contributed by atoms with E-state index in [1.165, 1.54) is 49.2 Å². The van der Waals surface area contributed by atoms with Gasteiger partial charge in [0.1, 0.15) is 0 Å². The maximum atomic E-state index is 6.09. The van der Waals surface area contributed by atoms with Gasteiger partial charge in [-0.25, -0.2) is 0 Å². The zero-order valence-corrected chi connectivity index (χ0v) is 12.5. The summed E-state index contributed by atoms with van der Waals surface area (Å²) in [7, 11) is 0. The molecule has 2 atom stereocenters. The van der Waals surface area contributed by atoms with Gasteiger partial charge in [-0.2, -0.15) is 0 Å². The summed E-state index contributed by atoms with van der Waals surface area (Å²) in [6.45, 7) is 6.00. The van der Waals surface area contributed by atoms with Gasteiger partial charge in [0.25, 0.3) is 0 Å². The number of halogens is 1. The molecule has 18 heavy (non-hydrogen) atoms. The third kappa shape index (κ3) is 2.60. The third-order valence-corrected chi connectivity index (χ3v) is 5.61. The summed E-state index contributed by atoms with van der Waals surface area (Å²) in [6, 6.07) is 3.35. The second kappa shape index (κ2) is 5.49. The van der Waals surface area contributed by atoms with Crippen molar-refractivity contribution < 1.29 is 0 Å². The van der Waals surface area contributed by atoms with Gasteiger partial charge in [-0.15, -0.1) is 11.3 Å². The summed E-state index contributed by atoms with van der Waals surface area (Å²) >= 11 is 7.85. The van der Waals surface area contributed by atoms with Crippen molar-refractivity contribution in [1.82, 2.24) is 10.2 Å². The Labute approximate surface area is 118 Å². The first-order valence-corrected chi connectivity index (χ1v) is 8.19. The molecule has 2 unspecified atom stereocenters. The number of likely N-dealkylation sites (tertiary alicyclic amines) is 1. The molecule has 1 aromatic heterocycles. The monoisotopic (exact) mass is 284 g/mol. The Morgan fingerprint density at radius 2 is 2.28 bits per heavy atom. The summed E-state index contributed by atoms with van der Waals surface area (Å²) < 4.78 is 0.944. The van der Waals surface area contributed by atoms with Crippen LogP contribution < -0.4 is 5.32 Å². The highest BCUT2D eigenvalue weighted by molar-refractivity contribution is 7.16. The van der Waals surface area contributed by atoms with Crippen molar-refractivity contribution >= 4 is 22.9 Å². The number of hydrogen-bond donors (Lipinski definition) is 1. The van der Waals surface area contributed by atoms with E-state index >= 15 is 0 Å². The van der Waals surface area contributed by atoms with Crippen LogP contribution in [0.4, 0.5) is 0 Å². The second-order valence-corrected chi connectivity index (χ2v) is 7.29. The second-order valence-electron chi connectivity index (χ2n) is 5.52. The van der Waals surface area contributed by atoms with E-state index in [0.29, 0.717) is 12.1 Å². The minimum atomic E-state index is 0.536. The Morgan fingerprint density at radius 3 is 3.06 bits per heavy atom. The highest BCUT2D eigenvalue weighted by Gasteiger charge is 2.26. The van der Waals surface area contributed by atoms with Crippen molar-refractivity contribution in [3.05, 3.63) is 20.8 Å². The molecule has 0 spiro atoms. The third-order valence-electron chi connectivity index (χ3n) is 4.27. The van der Waals surface area contributed by atoms with Crippen molar-refractivity contribution in [2.24, 2.45) is 0 Å². The lowest BCUT2D eigenvalue weighted by atomic mass is 10.1. The van der Waals surface area contributed by atoms with E-state index in [0.717, 1.165) is 10.9 Å². The molecule has 100 valence electrons. The van der Waals surface area contributed by atoms with E-state index in [1.807, 2.05) is 0 Å². The van der Waals surface area contributed by atoms with Gasteiger partial charge < -0.3 is 5.32 Å². The summed E-state index contributed by atoms with van der Waals surface area (Å²) in [6.07, 6.45) is 5.18. The standard InChI is InChI=1S/C14H21ClN2S/c1-10(17-6-2-3-7-17)9-16-12-4-5-13-11(12)8-14(15)18-13/h8,10,12,16H,2-7,9H2,1H3. The van der Waals surface area contributed by atoms with Crippen LogP contribution in [0.15, 0.2) is 6.07 Å². The van der Waals surface area contributed by atoms with Gasteiger partial charge in [-0.3, -0.25) is 4.90 Å². The van der Waals surface area contributed by atoms with Crippen LogP contribution >= 0.6 is 22.9 Å². The number of rotatable bonds is 4. The van der Waals surface area contributed by atoms with E-state index in [-0.39, 0.29) is 0 Å². The molecule has 1 saturated heterocycles. The van der Waals surface area contributed by atoms with Gasteiger partial charge in [0.05, 0.1) is 4.34 Å². The number of aryl methyl sites for hydroxylation is 1. The topological polar surface area (TPSA) is 15.3 Å². The Morgan fingerprint density at radius 1 is 1.50 bits per heavy atom. The zero-order chi connectivity index (χ0) is 12.5. The summed E-state index contributed by atoms with van der Waals surface area (Å²) in [5, 5.41) is 3.73. The van der Waals surface area contributed by atoms with Gasteiger partial charge in [0, 0.05) is 23.5 Å². The van der Waals surface area contributed by atoms with Crippen LogP contribution in [-0.4, -0.2) is 30.6 Å². The van der Waals surface area contributed by atoms with Gasteiger partial charge in [-0.05, 0) is 57.3 Å². The summed E-state index contributed by atoms with van der Waals surface area (Å²) in [5.74, 6) is 0. The Balaban J connectivity index is 1.54. The number of hydrogen-bond acceptors (Lipinski definition) is 3. The molecular formula is C14H21ClN2S. The molecule has 0 radical (unpaired) electrons. The molecule has 1 aromatic rings. The minimum absolute atomic E-state index is 0.536. The number of thiophene rings is 1. The van der Waals surface area contributed by atoms with Crippen molar-refractivity contribution in [1.29, 1.82) is 0 Å². The maximum Gasteiger partial charge on any atom is 0.0934 e. The molecule has 1 fully saturated rings. The lowest BCUT2D eigenvalue weighted by Crippen LogP contribution is -2.39. The molecule has 0 saturated carbocycles. The fourth-order valence-corrected chi connectivity index (χ4v) is 4.52. The fraction of sp³-hybridized carbons (Fsp3) is 0.714. The predicted molar refractivity (Wildman–Crippen MR) is 78.7 cm³/mol. The Kier molecular flexibility index (Phi) is 3.94. The maximum absolute atomic E-state index is 6.09. The van der Waals surface area contributed by atoms with Crippen LogP contribution in [0.2, 0.25) is 4.34 Å². The van der Waals surface area contributed by atoms with Gasteiger partial charge >= 0.3 is 0 Å².